The second kappa shape index (κ2) is 7.22. The second-order valence-corrected chi connectivity index (χ2v) is 5.74. The van der Waals surface area contributed by atoms with Crippen molar-refractivity contribution < 1.29 is 14.1 Å². The van der Waals surface area contributed by atoms with Crippen molar-refractivity contribution in [2.45, 2.75) is 0 Å². The molecule has 0 spiro atoms. The zero-order chi connectivity index (χ0) is 17.8. The van der Waals surface area contributed by atoms with Gasteiger partial charge in [-0.05, 0) is 48.5 Å². The molecule has 2 aromatic carbocycles. The molecule has 0 saturated carbocycles. The fraction of sp³-hybridized carbons (Fsp3) is 0. The monoisotopic (exact) mass is 404 g/mol. The van der Waals surface area contributed by atoms with Crippen molar-refractivity contribution in [1.29, 1.82) is 0 Å². The number of halogens is 2. The van der Waals surface area contributed by atoms with Gasteiger partial charge in [-0.2, -0.15) is 4.98 Å². The number of rotatable bonds is 5. The van der Waals surface area contributed by atoms with Crippen molar-refractivity contribution in [2.24, 2.45) is 0 Å². The first-order valence-electron chi connectivity index (χ1n) is 6.98. The zero-order valence-electron chi connectivity index (χ0n) is 12.5. The molecule has 3 rings (SSSR count). The number of nitrogens with one attached hydrogen (secondary N) is 1. The molecule has 7 nitrogen and oxygen atoms in total. The highest BCUT2D eigenvalue weighted by Crippen LogP contribution is 2.35. The molecule has 0 atom stereocenters. The van der Waals surface area contributed by atoms with E-state index in [0.29, 0.717) is 11.4 Å². The maximum atomic E-state index is 13.0. The highest BCUT2D eigenvalue weighted by atomic mass is 79.9. The molecule has 1 N–H and O–H groups in total. The highest BCUT2D eigenvalue weighted by Gasteiger charge is 2.25. The van der Waals surface area contributed by atoms with Crippen molar-refractivity contribution >= 4 is 33.1 Å². The topological polar surface area (TPSA) is 90.2 Å². The average molecular weight is 405 g/mol. The lowest BCUT2D eigenvalue weighted by Gasteiger charge is -2.09. The molecule has 9 heteroatoms. The molecule has 1 aromatic heterocycles. The predicted molar refractivity (Wildman–Crippen MR) is 92.6 cm³/mol. The van der Waals surface area contributed by atoms with Crippen LogP contribution in [0.3, 0.4) is 0 Å². The Morgan fingerprint density at radius 3 is 2.40 bits per heavy atom. The Bertz CT molecular complexity index is 839. The number of nitro groups is 1. The average Bonchev–Trinajstić information content (AvgIpc) is 2.59. The zero-order valence-corrected chi connectivity index (χ0v) is 14.1. The number of hydrogen-bond donors (Lipinski definition) is 1. The van der Waals surface area contributed by atoms with E-state index < -0.39 is 16.4 Å². The third-order valence-corrected chi connectivity index (χ3v) is 3.64. The summed E-state index contributed by atoms with van der Waals surface area (Å²) < 4.78 is 19.3. The predicted octanol–water partition coefficient (Wildman–Crippen LogP) is 4.82. The van der Waals surface area contributed by atoms with E-state index in [1.807, 2.05) is 0 Å². The number of nitrogens with zero attached hydrogens (tertiary/aromatic N) is 3. The van der Waals surface area contributed by atoms with Crippen LogP contribution >= 0.6 is 15.9 Å². The summed E-state index contributed by atoms with van der Waals surface area (Å²) in [6.45, 7) is 0. The number of aromatic nitrogens is 2. The lowest BCUT2D eigenvalue weighted by molar-refractivity contribution is -0.385. The molecule has 0 bridgehead atoms. The highest BCUT2D eigenvalue weighted by molar-refractivity contribution is 9.10. The van der Waals surface area contributed by atoms with E-state index in [0.717, 1.165) is 10.8 Å². The first-order chi connectivity index (χ1) is 12.0. The van der Waals surface area contributed by atoms with E-state index in [9.17, 15) is 14.5 Å². The van der Waals surface area contributed by atoms with Crippen LogP contribution < -0.4 is 10.1 Å². The molecule has 1 heterocycles. The summed E-state index contributed by atoms with van der Waals surface area (Å²) in [7, 11) is 0. The van der Waals surface area contributed by atoms with Crippen LogP contribution in [0.2, 0.25) is 0 Å². The summed E-state index contributed by atoms with van der Waals surface area (Å²) in [4.78, 5) is 18.6. The standard InChI is InChI=1S/C16H10BrFN4O3/c17-10-1-7-13(8-2-10)25-16-14(22(23)24)15(19-9-20-16)21-12-5-3-11(18)4-6-12/h1-9H,(H,19,20,21). The van der Waals surface area contributed by atoms with Gasteiger partial charge in [0.1, 0.15) is 17.9 Å². The first-order valence-corrected chi connectivity index (χ1v) is 7.77. The Hall–Kier alpha value is -3.07. The van der Waals surface area contributed by atoms with Gasteiger partial charge in [-0.3, -0.25) is 10.1 Å². The van der Waals surface area contributed by atoms with Crippen LogP contribution in [-0.2, 0) is 0 Å². The molecular weight excluding hydrogens is 395 g/mol. The maximum Gasteiger partial charge on any atom is 0.373 e. The summed E-state index contributed by atoms with van der Waals surface area (Å²) in [5, 5.41) is 14.2. The van der Waals surface area contributed by atoms with Crippen LogP contribution in [0.25, 0.3) is 0 Å². The summed E-state index contributed by atoms with van der Waals surface area (Å²) in [5.41, 5.74) is 0.0209. The van der Waals surface area contributed by atoms with E-state index in [4.69, 9.17) is 4.74 Å². The molecule has 0 unspecified atom stereocenters. The van der Waals surface area contributed by atoms with Crippen LogP contribution in [0.15, 0.2) is 59.3 Å². The number of ether oxygens (including phenoxy) is 1. The fourth-order valence-corrected chi connectivity index (χ4v) is 2.24. The van der Waals surface area contributed by atoms with Crippen molar-refractivity contribution in [3.05, 3.63) is 75.3 Å². The molecule has 0 aliphatic carbocycles. The van der Waals surface area contributed by atoms with Gasteiger partial charge in [0.15, 0.2) is 0 Å². The minimum absolute atomic E-state index is 0.0567. The molecule has 0 radical (unpaired) electrons. The van der Waals surface area contributed by atoms with Gasteiger partial charge in [-0.15, -0.1) is 0 Å². The summed E-state index contributed by atoms with van der Waals surface area (Å²) in [6.07, 6.45) is 1.15. The fourth-order valence-electron chi connectivity index (χ4n) is 1.98. The molecule has 0 fully saturated rings. The smallest absolute Gasteiger partial charge is 0.373 e. The van der Waals surface area contributed by atoms with Gasteiger partial charge < -0.3 is 10.1 Å². The SMILES string of the molecule is O=[N+]([O-])c1c(Nc2ccc(F)cc2)ncnc1Oc1ccc(Br)cc1. The molecule has 0 aliphatic heterocycles. The third kappa shape index (κ3) is 4.07. The lowest BCUT2D eigenvalue weighted by Crippen LogP contribution is -2.03. The van der Waals surface area contributed by atoms with Crippen molar-refractivity contribution in [1.82, 2.24) is 9.97 Å². The summed E-state index contributed by atoms with van der Waals surface area (Å²) in [5.74, 6) is -0.287. The molecular formula is C16H10BrFN4O3. The Kier molecular flexibility index (Phi) is 4.85. The first kappa shape index (κ1) is 16.8. The van der Waals surface area contributed by atoms with Gasteiger partial charge in [0.2, 0.25) is 5.82 Å². The van der Waals surface area contributed by atoms with Crippen LogP contribution in [-0.4, -0.2) is 14.9 Å². The number of benzene rings is 2. The van der Waals surface area contributed by atoms with E-state index in [2.05, 4.69) is 31.2 Å². The molecule has 126 valence electrons. The molecule has 0 amide bonds. The van der Waals surface area contributed by atoms with Gasteiger partial charge in [0.25, 0.3) is 0 Å². The third-order valence-electron chi connectivity index (χ3n) is 3.11. The van der Waals surface area contributed by atoms with Gasteiger partial charge in [0.05, 0.1) is 4.92 Å². The van der Waals surface area contributed by atoms with E-state index in [1.165, 1.54) is 24.3 Å². The Morgan fingerprint density at radius 1 is 1.08 bits per heavy atom. The van der Waals surface area contributed by atoms with Crippen LogP contribution in [0.5, 0.6) is 11.6 Å². The Balaban J connectivity index is 1.94. The molecule has 0 saturated heterocycles. The van der Waals surface area contributed by atoms with Crippen LogP contribution in [0.1, 0.15) is 0 Å². The second-order valence-electron chi connectivity index (χ2n) is 4.82. The summed E-state index contributed by atoms with van der Waals surface area (Å²) >= 11 is 3.30. The minimum atomic E-state index is -0.639. The number of hydrogen-bond acceptors (Lipinski definition) is 6. The van der Waals surface area contributed by atoms with Gasteiger partial charge >= 0.3 is 11.6 Å². The van der Waals surface area contributed by atoms with Gasteiger partial charge in [-0.1, -0.05) is 15.9 Å². The molecule has 0 aliphatic rings. The van der Waals surface area contributed by atoms with E-state index in [1.54, 1.807) is 24.3 Å². The number of anilines is 2. The molecule has 3 aromatic rings. The normalized spacial score (nSPS) is 10.3. The largest absolute Gasteiger partial charge is 0.434 e. The van der Waals surface area contributed by atoms with E-state index in [-0.39, 0.29) is 11.7 Å². The van der Waals surface area contributed by atoms with Crippen molar-refractivity contribution in [2.75, 3.05) is 5.32 Å². The van der Waals surface area contributed by atoms with Crippen molar-refractivity contribution in [3.8, 4) is 11.6 Å². The van der Waals surface area contributed by atoms with Crippen LogP contribution in [0.4, 0.5) is 21.6 Å². The lowest BCUT2D eigenvalue weighted by atomic mass is 10.3. The van der Waals surface area contributed by atoms with Crippen molar-refractivity contribution in [3.63, 3.8) is 0 Å². The Labute approximate surface area is 149 Å². The van der Waals surface area contributed by atoms with Gasteiger partial charge in [-0.25, -0.2) is 9.37 Å². The van der Waals surface area contributed by atoms with Gasteiger partial charge in [0, 0.05) is 10.2 Å². The molecule has 25 heavy (non-hydrogen) atoms. The summed E-state index contributed by atoms with van der Waals surface area (Å²) in [6, 6.07) is 12.1. The van der Waals surface area contributed by atoms with Crippen LogP contribution in [0, 0.1) is 15.9 Å². The Morgan fingerprint density at radius 2 is 1.76 bits per heavy atom. The minimum Gasteiger partial charge on any atom is -0.434 e. The quantitative estimate of drug-likeness (QED) is 0.484. The maximum absolute atomic E-state index is 13.0. The van der Waals surface area contributed by atoms with E-state index >= 15 is 0 Å².